The van der Waals surface area contributed by atoms with Crippen molar-refractivity contribution in [2.75, 3.05) is 6.61 Å². The van der Waals surface area contributed by atoms with Crippen molar-refractivity contribution >= 4 is 11.9 Å². The van der Waals surface area contributed by atoms with E-state index in [4.69, 9.17) is 0 Å². The molecule has 0 bridgehead atoms. The van der Waals surface area contributed by atoms with Crippen LogP contribution in [0.3, 0.4) is 0 Å². The number of carboxylic acids is 1. The smallest absolute Gasteiger partial charge is 0.413 e. The van der Waals surface area contributed by atoms with E-state index in [1.54, 1.807) is 0 Å². The Balaban J connectivity index is 5.31. The van der Waals surface area contributed by atoms with E-state index in [1.807, 2.05) is 0 Å². The molecule has 0 spiro atoms. The lowest BCUT2D eigenvalue weighted by Gasteiger charge is -2.14. The Kier molecular flexibility index (Phi) is 4.32. The third kappa shape index (κ3) is 3.61. The third-order valence-corrected chi connectivity index (χ3v) is 1.48. The lowest BCUT2D eigenvalue weighted by molar-refractivity contribution is -0.299. The highest BCUT2D eigenvalue weighted by molar-refractivity contribution is 6.13. The summed E-state index contributed by atoms with van der Waals surface area (Å²) in [5.41, 5.74) is -3.04. The summed E-state index contributed by atoms with van der Waals surface area (Å²) in [6.07, 6.45) is -4.90. The van der Waals surface area contributed by atoms with E-state index in [9.17, 15) is 27.9 Å². The number of alkyl halides is 3. The second kappa shape index (κ2) is 4.81. The molecule has 0 fully saturated rings. The summed E-state index contributed by atoms with van der Waals surface area (Å²) in [6, 6.07) is 0. The summed E-state index contributed by atoms with van der Waals surface area (Å²) in [6.45, 7) is 1.59. The van der Waals surface area contributed by atoms with E-state index in [0.717, 1.165) is 0 Å². The van der Waals surface area contributed by atoms with Crippen LogP contribution in [0.25, 0.3) is 0 Å². The zero-order chi connectivity index (χ0) is 12.2. The molecular formula is C8H8F3O4-. The van der Waals surface area contributed by atoms with Gasteiger partial charge in [-0.1, -0.05) is 0 Å². The van der Waals surface area contributed by atoms with Gasteiger partial charge in [0.25, 0.3) is 0 Å². The molecular weight excluding hydrogens is 217 g/mol. The van der Waals surface area contributed by atoms with E-state index in [-0.39, 0.29) is 6.61 Å². The second-order valence-corrected chi connectivity index (χ2v) is 2.51. The number of allylic oxidation sites excluding steroid dienone is 1. The molecule has 0 aromatic rings. The fraction of sp³-hybridized carbons (Fsp3) is 0.500. The van der Waals surface area contributed by atoms with Gasteiger partial charge in [-0.3, -0.25) is 0 Å². The number of hydrogen-bond acceptors (Lipinski definition) is 4. The largest absolute Gasteiger partial charge is 0.545 e. The van der Waals surface area contributed by atoms with E-state index in [1.165, 1.54) is 6.92 Å². The van der Waals surface area contributed by atoms with Crippen molar-refractivity contribution in [1.29, 1.82) is 0 Å². The topological polar surface area (TPSA) is 66.4 Å². The Bertz CT molecular complexity index is 303. The maximum Gasteiger partial charge on any atom is 0.413 e. The summed E-state index contributed by atoms with van der Waals surface area (Å²) in [7, 11) is 0. The Labute approximate surface area is 83.3 Å². The van der Waals surface area contributed by atoms with Crippen LogP contribution in [-0.2, 0) is 14.3 Å². The first-order chi connectivity index (χ1) is 6.71. The van der Waals surface area contributed by atoms with Crippen molar-refractivity contribution in [1.82, 2.24) is 0 Å². The molecule has 0 N–H and O–H groups in total. The molecule has 0 aliphatic rings. The van der Waals surface area contributed by atoms with Gasteiger partial charge < -0.3 is 14.6 Å². The number of carbonyl (C=O) groups is 2. The highest BCUT2D eigenvalue weighted by atomic mass is 19.4. The number of ether oxygens (including phenoxy) is 1. The van der Waals surface area contributed by atoms with Crippen molar-refractivity contribution in [3.8, 4) is 0 Å². The van der Waals surface area contributed by atoms with Gasteiger partial charge in [0.15, 0.2) is 0 Å². The SMILES string of the molecule is CCOC(=O)C(C(=O)[O-])=C(C)C(F)(F)F. The van der Waals surface area contributed by atoms with Gasteiger partial charge in [0.2, 0.25) is 0 Å². The molecule has 7 heteroatoms. The van der Waals surface area contributed by atoms with E-state index < -0.39 is 29.3 Å². The van der Waals surface area contributed by atoms with Gasteiger partial charge in [0.1, 0.15) is 0 Å². The molecule has 0 aliphatic carbocycles. The van der Waals surface area contributed by atoms with Crippen LogP contribution in [0.4, 0.5) is 13.2 Å². The molecule has 0 amide bonds. The van der Waals surface area contributed by atoms with Crippen LogP contribution < -0.4 is 5.11 Å². The molecule has 0 rings (SSSR count). The van der Waals surface area contributed by atoms with Crippen molar-refractivity contribution in [3.05, 3.63) is 11.1 Å². The first-order valence-electron chi connectivity index (χ1n) is 3.88. The van der Waals surface area contributed by atoms with E-state index >= 15 is 0 Å². The zero-order valence-corrected chi connectivity index (χ0v) is 7.97. The summed E-state index contributed by atoms with van der Waals surface area (Å²) in [5.74, 6) is -3.75. The molecule has 0 saturated heterocycles. The minimum Gasteiger partial charge on any atom is -0.545 e. The minimum absolute atomic E-state index is 0.221. The first-order valence-corrected chi connectivity index (χ1v) is 3.88. The third-order valence-electron chi connectivity index (χ3n) is 1.48. The van der Waals surface area contributed by atoms with E-state index in [0.29, 0.717) is 6.92 Å². The average molecular weight is 225 g/mol. The van der Waals surface area contributed by atoms with Crippen LogP contribution in [0.2, 0.25) is 0 Å². The lowest BCUT2D eigenvalue weighted by Crippen LogP contribution is -2.33. The monoisotopic (exact) mass is 225 g/mol. The fourth-order valence-corrected chi connectivity index (χ4v) is 0.735. The van der Waals surface area contributed by atoms with Gasteiger partial charge in [0, 0.05) is 5.57 Å². The molecule has 0 aliphatic heterocycles. The van der Waals surface area contributed by atoms with Gasteiger partial charge in [-0.2, -0.15) is 13.2 Å². The molecule has 86 valence electrons. The van der Waals surface area contributed by atoms with Gasteiger partial charge in [0.05, 0.1) is 18.1 Å². The van der Waals surface area contributed by atoms with Gasteiger partial charge in [-0.05, 0) is 13.8 Å². The number of carbonyl (C=O) groups excluding carboxylic acids is 2. The maximum atomic E-state index is 12.1. The molecule has 0 atom stereocenters. The molecule has 0 saturated carbocycles. The van der Waals surface area contributed by atoms with Gasteiger partial charge >= 0.3 is 12.1 Å². The number of rotatable bonds is 3. The Morgan fingerprint density at radius 2 is 1.80 bits per heavy atom. The van der Waals surface area contributed by atoms with Crippen LogP contribution in [0.5, 0.6) is 0 Å². The number of hydrogen-bond donors (Lipinski definition) is 0. The van der Waals surface area contributed by atoms with Crippen LogP contribution in [0, 0.1) is 0 Å². The molecule has 0 aromatic carbocycles. The first kappa shape index (κ1) is 13.5. The minimum atomic E-state index is -4.90. The van der Waals surface area contributed by atoms with Crippen LogP contribution in [0.1, 0.15) is 13.8 Å². The summed E-state index contributed by atoms with van der Waals surface area (Å²) in [4.78, 5) is 21.2. The van der Waals surface area contributed by atoms with Crippen molar-refractivity contribution in [3.63, 3.8) is 0 Å². The molecule has 0 radical (unpaired) electrons. The predicted molar refractivity (Wildman–Crippen MR) is 40.4 cm³/mol. The number of halogens is 3. The molecule has 0 unspecified atom stereocenters. The number of aliphatic carboxylic acids is 1. The second-order valence-electron chi connectivity index (χ2n) is 2.51. The van der Waals surface area contributed by atoms with Crippen molar-refractivity contribution in [2.24, 2.45) is 0 Å². The number of carboxylic acid groups (broad SMARTS) is 1. The Morgan fingerprint density at radius 3 is 2.07 bits per heavy atom. The molecule has 15 heavy (non-hydrogen) atoms. The van der Waals surface area contributed by atoms with Crippen LogP contribution >= 0.6 is 0 Å². The molecule has 0 aromatic heterocycles. The van der Waals surface area contributed by atoms with Crippen LogP contribution in [0.15, 0.2) is 11.1 Å². The Hall–Kier alpha value is -1.53. The van der Waals surface area contributed by atoms with Crippen LogP contribution in [-0.4, -0.2) is 24.7 Å². The zero-order valence-electron chi connectivity index (χ0n) is 7.97. The fourth-order valence-electron chi connectivity index (χ4n) is 0.735. The van der Waals surface area contributed by atoms with Gasteiger partial charge in [-0.25, -0.2) is 4.79 Å². The predicted octanol–water partition coefficient (Wildman–Crippen LogP) is 0.178. The van der Waals surface area contributed by atoms with Crippen molar-refractivity contribution < 1.29 is 32.6 Å². The highest BCUT2D eigenvalue weighted by Crippen LogP contribution is 2.27. The normalized spacial score (nSPS) is 13.1. The van der Waals surface area contributed by atoms with Crippen molar-refractivity contribution in [2.45, 2.75) is 20.0 Å². The molecule has 4 nitrogen and oxygen atoms in total. The summed E-state index contributed by atoms with van der Waals surface area (Å²) >= 11 is 0. The number of esters is 1. The highest BCUT2D eigenvalue weighted by Gasteiger charge is 2.35. The Morgan fingerprint density at radius 1 is 1.33 bits per heavy atom. The lowest BCUT2D eigenvalue weighted by atomic mass is 10.1. The standard InChI is InChI=1S/C8H9F3O4/c1-3-15-7(14)5(6(12)13)4(2)8(9,10)11/h3H2,1-2H3,(H,12,13)/p-1. The van der Waals surface area contributed by atoms with E-state index in [2.05, 4.69) is 4.74 Å². The van der Waals surface area contributed by atoms with Gasteiger partial charge in [-0.15, -0.1) is 0 Å². The molecule has 0 heterocycles. The summed E-state index contributed by atoms with van der Waals surface area (Å²) < 4.78 is 40.5. The maximum absolute atomic E-state index is 12.1. The quantitative estimate of drug-likeness (QED) is 0.297. The summed E-state index contributed by atoms with van der Waals surface area (Å²) in [5, 5.41) is 10.3. The average Bonchev–Trinajstić information content (AvgIpc) is 2.02.